The highest BCUT2D eigenvalue weighted by Gasteiger charge is 2.46. The first-order valence-corrected chi connectivity index (χ1v) is 46.9. The van der Waals surface area contributed by atoms with Crippen molar-refractivity contribution in [3.8, 4) is 0 Å². The number of amides is 3. The fraction of sp³-hybridized carbons (Fsp3) is 0.787. The van der Waals surface area contributed by atoms with Crippen LogP contribution in [-0.2, 0) is 165 Å². The van der Waals surface area contributed by atoms with Gasteiger partial charge in [0.25, 0.3) is 0 Å². The number of hydrogen-bond acceptors (Lipinski definition) is 32. The third kappa shape index (κ3) is 72.4. The van der Waals surface area contributed by atoms with Gasteiger partial charge in [0, 0.05) is 25.8 Å². The van der Waals surface area contributed by atoms with Gasteiger partial charge in [-0.2, -0.15) is 0 Å². The lowest BCUT2D eigenvalue weighted by molar-refractivity contribution is -0.163. The van der Waals surface area contributed by atoms with Crippen LogP contribution in [0.15, 0.2) is 72.8 Å². The maximum absolute atomic E-state index is 14.4. The highest BCUT2D eigenvalue weighted by Crippen LogP contribution is 2.34. The molecule has 0 saturated carbocycles. The number of esters is 2. The van der Waals surface area contributed by atoms with E-state index in [2.05, 4.69) is 18.3 Å². The number of rotatable bonds is 102. The summed E-state index contributed by atoms with van der Waals surface area (Å²) in [5, 5.41) is 12.4. The largest absolute Gasteiger partial charge is 0.480 e. The Morgan fingerprint density at radius 2 is 0.612 bits per heavy atom. The predicted octanol–water partition coefficient (Wildman–Crippen LogP) is 9.17. The number of nitrogens with zero attached hydrogens (tertiary/aromatic N) is 1. The molecular weight excluding hydrogens is 1690 g/mol. The summed E-state index contributed by atoms with van der Waals surface area (Å²) in [7, 11) is 0. The molecule has 129 heavy (non-hydrogen) atoms. The van der Waals surface area contributed by atoms with Gasteiger partial charge in [-0.25, -0.2) is 4.79 Å². The molecule has 0 bridgehead atoms. The Morgan fingerprint density at radius 3 is 0.922 bits per heavy atom. The zero-order valence-corrected chi connectivity index (χ0v) is 77.7. The molecule has 0 aromatic heterocycles. The highest BCUT2D eigenvalue weighted by atomic mass is 16.6. The summed E-state index contributed by atoms with van der Waals surface area (Å²) < 4.78 is 145. The van der Waals surface area contributed by atoms with Crippen LogP contribution >= 0.6 is 0 Å². The zero-order chi connectivity index (χ0) is 92.1. The minimum Gasteiger partial charge on any atom is -0.480 e. The first-order chi connectivity index (χ1) is 63.7. The first-order valence-electron chi connectivity index (χ1n) is 46.9. The lowest BCUT2D eigenvalue weighted by Gasteiger charge is -2.30. The van der Waals surface area contributed by atoms with Crippen molar-refractivity contribution in [2.75, 3.05) is 324 Å². The number of unbranched alkanes of at least 4 members (excludes halogenated alkanes) is 13. The molecule has 3 rings (SSSR count). The van der Waals surface area contributed by atoms with Gasteiger partial charge in [0.2, 0.25) is 17.7 Å². The maximum Gasteiger partial charge on any atom is 0.329 e. The number of carbonyl (C=O) groups excluding carboxylic acids is 5. The fourth-order valence-electron chi connectivity index (χ4n) is 12.3. The molecule has 0 spiro atoms. The quantitative estimate of drug-likeness (QED) is 0.0205. The number of carboxylic acid groups (broad SMARTS) is 1. The molecule has 1 heterocycles. The van der Waals surface area contributed by atoms with Gasteiger partial charge >= 0.3 is 17.9 Å². The average Bonchev–Trinajstić information content (AvgIpc) is 0.836. The van der Waals surface area contributed by atoms with E-state index >= 15 is 0 Å². The molecular formula is C94H160N2O33. The molecule has 2 N–H and O–H groups in total. The SMILES string of the molecule is CCCCCCCCCCCC(CC=CCCCCCCCC(=O)OCc1ccccc1)(C(=O)NCCOCCOCCOCCOCCOCCOCCOCCOCCOCCOCCOCCOCCOCCOCCOCCOCCOCCOCCOCCOCCOCCOCCOCCOC[C@@H](C(=O)O)N1C(=O)CCC1=O)C(=O)OCc1ccccc1. The first kappa shape index (κ1) is 117. The summed E-state index contributed by atoms with van der Waals surface area (Å²) in [6, 6.07) is 17.9. The maximum atomic E-state index is 14.4. The Balaban J connectivity index is 0.970. The number of nitrogens with one attached hydrogen (secondary N) is 1. The van der Waals surface area contributed by atoms with Gasteiger partial charge in [0.15, 0.2) is 6.04 Å². The number of carboxylic acids is 1. The number of aliphatic carboxylic acids is 1. The van der Waals surface area contributed by atoms with Crippen LogP contribution in [0, 0.1) is 5.41 Å². The molecule has 1 aliphatic heterocycles. The molecule has 2 atom stereocenters. The molecule has 1 aliphatic rings. The van der Waals surface area contributed by atoms with Crippen molar-refractivity contribution >= 4 is 35.6 Å². The number of benzene rings is 2. The van der Waals surface area contributed by atoms with Crippen LogP contribution in [0.4, 0.5) is 0 Å². The van der Waals surface area contributed by atoms with Crippen molar-refractivity contribution in [2.45, 2.75) is 155 Å². The summed E-state index contributed by atoms with van der Waals surface area (Å²) in [5.74, 6) is -3.31. The van der Waals surface area contributed by atoms with E-state index < -0.39 is 35.2 Å². The lowest BCUT2D eigenvalue weighted by atomic mass is 9.78. The van der Waals surface area contributed by atoms with E-state index in [0.29, 0.717) is 310 Å². The Kier molecular flexibility index (Phi) is 83.2. The van der Waals surface area contributed by atoms with Crippen LogP contribution in [0.1, 0.15) is 146 Å². The van der Waals surface area contributed by atoms with E-state index in [9.17, 15) is 33.9 Å². The third-order valence-corrected chi connectivity index (χ3v) is 19.4. The van der Waals surface area contributed by atoms with Crippen LogP contribution in [0.3, 0.4) is 0 Å². The molecule has 35 heteroatoms. The standard InChI is InChI=1S/C94H160N2O33/c1-2-3-4-5-6-8-11-14-23-32-94(93(103)129-83-86-27-20-17-21-28-86,33-24-15-12-9-7-10-13-22-29-90(99)128-82-85-25-18-16-19-26-85)92(102)95-34-35-104-36-37-105-38-39-106-40-41-107-42-43-108-44-45-109-46-47-110-48-49-111-50-51-112-52-53-113-54-55-114-56-57-115-58-59-116-60-61-117-62-63-118-64-65-119-66-67-120-68-69-121-70-71-122-72-73-123-74-75-124-76-77-125-78-79-126-80-81-127-84-87(91(100)101)96-88(97)30-31-89(96)98/h15-21,24-28,87H,2-14,22-23,29-84H2,1H3,(H,95,102)(H,100,101)/t87-,94?/m0/s1. The van der Waals surface area contributed by atoms with Crippen molar-refractivity contribution in [3.63, 3.8) is 0 Å². The predicted molar refractivity (Wildman–Crippen MR) is 478 cm³/mol. The average molecular weight is 1850 g/mol. The van der Waals surface area contributed by atoms with Crippen LogP contribution in [0.25, 0.3) is 0 Å². The lowest BCUT2D eigenvalue weighted by Crippen LogP contribution is -2.48. The van der Waals surface area contributed by atoms with E-state index in [4.69, 9.17) is 123 Å². The minimum absolute atomic E-state index is 0.0168. The molecule has 2 aromatic carbocycles. The Labute approximate surface area is 767 Å². The fourth-order valence-corrected chi connectivity index (χ4v) is 12.3. The molecule has 0 aliphatic carbocycles. The van der Waals surface area contributed by atoms with Crippen LogP contribution in [0.2, 0.25) is 0 Å². The Morgan fingerprint density at radius 1 is 0.341 bits per heavy atom. The van der Waals surface area contributed by atoms with Crippen molar-refractivity contribution in [1.82, 2.24) is 10.2 Å². The van der Waals surface area contributed by atoms with Gasteiger partial charge in [-0.15, -0.1) is 0 Å². The monoisotopic (exact) mass is 1850 g/mol. The molecule has 0 radical (unpaired) electrons. The van der Waals surface area contributed by atoms with Crippen LogP contribution in [0.5, 0.6) is 0 Å². The summed E-state index contributed by atoms with van der Waals surface area (Å²) in [4.78, 5) is 76.7. The summed E-state index contributed by atoms with van der Waals surface area (Å²) in [5.41, 5.74) is 0.456. The molecule has 1 saturated heterocycles. The molecule has 35 nitrogen and oxygen atoms in total. The Bertz CT molecular complexity index is 2870. The van der Waals surface area contributed by atoms with E-state index in [1.165, 1.54) is 32.1 Å². The van der Waals surface area contributed by atoms with Crippen molar-refractivity contribution in [2.24, 2.45) is 5.41 Å². The van der Waals surface area contributed by atoms with E-state index in [-0.39, 0.29) is 70.7 Å². The van der Waals surface area contributed by atoms with E-state index in [1.54, 1.807) is 0 Å². The van der Waals surface area contributed by atoms with Crippen LogP contribution in [-0.4, -0.2) is 375 Å². The zero-order valence-electron chi connectivity index (χ0n) is 77.7. The number of ether oxygens (including phenoxy) is 26. The van der Waals surface area contributed by atoms with Gasteiger partial charge in [0.05, 0.1) is 317 Å². The van der Waals surface area contributed by atoms with E-state index in [0.717, 1.165) is 80.2 Å². The minimum atomic E-state index is -1.39. The smallest absolute Gasteiger partial charge is 0.329 e. The number of hydrogen-bond donors (Lipinski definition) is 2. The summed E-state index contributed by atoms with van der Waals surface area (Å²) in [6.07, 6.45) is 20.8. The summed E-state index contributed by atoms with van der Waals surface area (Å²) in [6.45, 7) is 22.4. The topological polar surface area (TPSA) is 378 Å². The third-order valence-electron chi connectivity index (χ3n) is 19.4. The second kappa shape index (κ2) is 91.4. The van der Waals surface area contributed by atoms with Gasteiger partial charge in [-0.05, 0) is 43.2 Å². The second-order valence-corrected chi connectivity index (χ2v) is 29.8. The van der Waals surface area contributed by atoms with Gasteiger partial charge in [0.1, 0.15) is 18.6 Å². The van der Waals surface area contributed by atoms with Gasteiger partial charge in [-0.1, -0.05) is 157 Å². The molecule has 1 fully saturated rings. The second-order valence-electron chi connectivity index (χ2n) is 29.8. The number of carbonyl (C=O) groups is 6. The molecule has 1 unspecified atom stereocenters. The number of allylic oxidation sites excluding steroid dienone is 2. The number of likely N-dealkylation sites (tertiary alicyclic amines) is 1. The van der Waals surface area contributed by atoms with Gasteiger partial charge in [-0.3, -0.25) is 28.9 Å². The normalized spacial score (nSPS) is 13.0. The molecule has 744 valence electrons. The highest BCUT2D eigenvalue weighted by molar-refractivity contribution is 6.05. The number of imide groups is 1. The van der Waals surface area contributed by atoms with Crippen molar-refractivity contribution < 1.29 is 157 Å². The Hall–Kier alpha value is -5.76. The van der Waals surface area contributed by atoms with E-state index in [1.807, 2.05) is 66.7 Å². The van der Waals surface area contributed by atoms with Crippen molar-refractivity contribution in [3.05, 3.63) is 83.9 Å². The van der Waals surface area contributed by atoms with Gasteiger partial charge < -0.3 is 134 Å². The van der Waals surface area contributed by atoms with Crippen molar-refractivity contribution in [1.29, 1.82) is 0 Å². The molecule has 3 amide bonds. The molecule has 2 aromatic rings. The van der Waals surface area contributed by atoms with Crippen LogP contribution < -0.4 is 5.32 Å². The summed E-state index contributed by atoms with van der Waals surface area (Å²) >= 11 is 0.